The lowest BCUT2D eigenvalue weighted by atomic mass is 10.1. The highest BCUT2D eigenvalue weighted by atomic mass is 15.2. The average molecular weight is 126 g/mol. The van der Waals surface area contributed by atoms with Crippen molar-refractivity contribution in [3.05, 3.63) is 12.7 Å². The number of rotatable bonds is 1. The van der Waals surface area contributed by atoms with Crippen LogP contribution in [0.15, 0.2) is 12.7 Å². The molecule has 2 heteroatoms. The first kappa shape index (κ1) is 6.78. The Morgan fingerprint density at radius 3 is 2.67 bits per heavy atom. The van der Waals surface area contributed by atoms with Crippen molar-refractivity contribution in [1.82, 2.24) is 4.90 Å². The van der Waals surface area contributed by atoms with E-state index in [1.807, 2.05) is 6.08 Å². The molecule has 0 aromatic rings. The molecule has 0 saturated carbocycles. The summed E-state index contributed by atoms with van der Waals surface area (Å²) in [5.41, 5.74) is 5.77. The van der Waals surface area contributed by atoms with E-state index in [1.54, 1.807) is 0 Å². The SMILES string of the molecule is C=C[C@@H]1[C@H](N)CCN1C. The molecule has 0 spiro atoms. The zero-order valence-corrected chi connectivity index (χ0v) is 5.88. The molecule has 2 N–H and O–H groups in total. The summed E-state index contributed by atoms with van der Waals surface area (Å²) >= 11 is 0. The van der Waals surface area contributed by atoms with Gasteiger partial charge < -0.3 is 5.73 Å². The second-order valence-corrected chi connectivity index (χ2v) is 2.66. The minimum Gasteiger partial charge on any atom is -0.326 e. The molecule has 0 amide bonds. The summed E-state index contributed by atoms with van der Waals surface area (Å²) in [6, 6.07) is 0.720. The molecule has 0 bridgehead atoms. The van der Waals surface area contributed by atoms with Crippen LogP contribution in [0.25, 0.3) is 0 Å². The molecule has 0 radical (unpaired) electrons. The smallest absolute Gasteiger partial charge is 0.0424 e. The Morgan fingerprint density at radius 2 is 2.44 bits per heavy atom. The molecule has 1 rings (SSSR count). The summed E-state index contributed by atoms with van der Waals surface area (Å²) in [5.74, 6) is 0. The lowest BCUT2D eigenvalue weighted by Crippen LogP contribution is -2.35. The number of nitrogens with zero attached hydrogens (tertiary/aromatic N) is 1. The molecule has 0 aromatic heterocycles. The molecule has 9 heavy (non-hydrogen) atoms. The summed E-state index contributed by atoms with van der Waals surface area (Å²) in [6.45, 7) is 4.83. The van der Waals surface area contributed by atoms with E-state index in [0.29, 0.717) is 12.1 Å². The topological polar surface area (TPSA) is 29.3 Å². The average Bonchev–Trinajstić information content (AvgIpc) is 2.12. The third-order valence-corrected chi connectivity index (χ3v) is 2.00. The lowest BCUT2D eigenvalue weighted by molar-refractivity contribution is 0.346. The molecule has 1 saturated heterocycles. The summed E-state index contributed by atoms with van der Waals surface area (Å²) in [5, 5.41) is 0. The molecular weight excluding hydrogens is 112 g/mol. The predicted octanol–water partition coefficient (Wildman–Crippen LogP) is 0.204. The Labute approximate surface area is 56.3 Å². The van der Waals surface area contributed by atoms with Gasteiger partial charge in [0, 0.05) is 18.6 Å². The van der Waals surface area contributed by atoms with Crippen LogP contribution >= 0.6 is 0 Å². The predicted molar refractivity (Wildman–Crippen MR) is 39.2 cm³/mol. The Balaban J connectivity index is 2.54. The van der Waals surface area contributed by atoms with Gasteiger partial charge in [-0.25, -0.2) is 0 Å². The molecule has 52 valence electrons. The van der Waals surface area contributed by atoms with Crippen LogP contribution in [0.1, 0.15) is 6.42 Å². The first-order valence-corrected chi connectivity index (χ1v) is 3.34. The van der Waals surface area contributed by atoms with Crippen LogP contribution in [0.3, 0.4) is 0 Å². The van der Waals surface area contributed by atoms with Crippen LogP contribution in [0.2, 0.25) is 0 Å². The van der Waals surface area contributed by atoms with Gasteiger partial charge in [-0.2, -0.15) is 0 Å². The summed E-state index contributed by atoms with van der Waals surface area (Å²) in [6.07, 6.45) is 3.03. The van der Waals surface area contributed by atoms with Crippen molar-refractivity contribution in [3.63, 3.8) is 0 Å². The van der Waals surface area contributed by atoms with Gasteiger partial charge in [0.25, 0.3) is 0 Å². The van der Waals surface area contributed by atoms with Crippen LogP contribution in [-0.2, 0) is 0 Å². The van der Waals surface area contributed by atoms with E-state index < -0.39 is 0 Å². The number of nitrogens with two attached hydrogens (primary N) is 1. The van der Waals surface area contributed by atoms with Gasteiger partial charge in [-0.05, 0) is 13.5 Å². The van der Waals surface area contributed by atoms with Crippen molar-refractivity contribution in [2.24, 2.45) is 5.73 Å². The highest BCUT2D eigenvalue weighted by molar-refractivity contribution is 4.98. The highest BCUT2D eigenvalue weighted by Gasteiger charge is 2.25. The van der Waals surface area contributed by atoms with Crippen LogP contribution < -0.4 is 5.73 Å². The van der Waals surface area contributed by atoms with Gasteiger partial charge in [0.2, 0.25) is 0 Å². The van der Waals surface area contributed by atoms with Crippen molar-refractivity contribution >= 4 is 0 Å². The van der Waals surface area contributed by atoms with E-state index in [4.69, 9.17) is 5.73 Å². The minimum atomic E-state index is 0.312. The van der Waals surface area contributed by atoms with Gasteiger partial charge in [0.05, 0.1) is 0 Å². The first-order valence-electron chi connectivity index (χ1n) is 3.34. The molecule has 1 aliphatic rings. The quantitative estimate of drug-likeness (QED) is 0.509. The number of hydrogen-bond acceptors (Lipinski definition) is 2. The van der Waals surface area contributed by atoms with Crippen molar-refractivity contribution in [3.8, 4) is 0 Å². The van der Waals surface area contributed by atoms with E-state index in [9.17, 15) is 0 Å². The van der Waals surface area contributed by atoms with E-state index in [-0.39, 0.29) is 0 Å². The summed E-state index contributed by atoms with van der Waals surface area (Å²) < 4.78 is 0. The Morgan fingerprint density at radius 1 is 1.78 bits per heavy atom. The maximum absolute atomic E-state index is 5.77. The van der Waals surface area contributed by atoms with Crippen LogP contribution in [0, 0.1) is 0 Å². The maximum Gasteiger partial charge on any atom is 0.0424 e. The third-order valence-electron chi connectivity index (χ3n) is 2.00. The van der Waals surface area contributed by atoms with Crippen molar-refractivity contribution < 1.29 is 0 Å². The molecule has 2 nitrogen and oxygen atoms in total. The number of likely N-dealkylation sites (N-methyl/N-ethyl adjacent to an activating group) is 1. The molecule has 0 aromatic carbocycles. The fourth-order valence-electron chi connectivity index (χ4n) is 1.35. The monoisotopic (exact) mass is 126 g/mol. The zero-order chi connectivity index (χ0) is 6.85. The van der Waals surface area contributed by atoms with Gasteiger partial charge in [-0.1, -0.05) is 6.08 Å². The maximum atomic E-state index is 5.77. The van der Waals surface area contributed by atoms with Gasteiger partial charge in [-0.15, -0.1) is 6.58 Å². The molecule has 2 atom stereocenters. The largest absolute Gasteiger partial charge is 0.326 e. The fourth-order valence-corrected chi connectivity index (χ4v) is 1.35. The number of likely N-dealkylation sites (tertiary alicyclic amines) is 1. The van der Waals surface area contributed by atoms with Crippen LogP contribution in [-0.4, -0.2) is 30.6 Å². The molecule has 1 fully saturated rings. The standard InChI is InChI=1S/C7H14N2/c1-3-7-6(8)4-5-9(7)2/h3,6-7H,1,4-5,8H2,2H3/t6-,7-/m1/s1. The first-order chi connectivity index (χ1) is 4.25. The van der Waals surface area contributed by atoms with Crippen molar-refractivity contribution in [1.29, 1.82) is 0 Å². The molecular formula is C7H14N2. The summed E-state index contributed by atoms with van der Waals surface area (Å²) in [4.78, 5) is 2.23. The van der Waals surface area contributed by atoms with Gasteiger partial charge in [0.15, 0.2) is 0 Å². The number of hydrogen-bond donors (Lipinski definition) is 1. The normalized spacial score (nSPS) is 37.1. The molecule has 1 heterocycles. The van der Waals surface area contributed by atoms with Crippen molar-refractivity contribution in [2.45, 2.75) is 18.5 Å². The minimum absolute atomic E-state index is 0.312. The van der Waals surface area contributed by atoms with Gasteiger partial charge in [-0.3, -0.25) is 4.90 Å². The van der Waals surface area contributed by atoms with Gasteiger partial charge >= 0.3 is 0 Å². The summed E-state index contributed by atoms with van der Waals surface area (Å²) in [7, 11) is 2.08. The molecule has 0 unspecified atom stereocenters. The van der Waals surface area contributed by atoms with E-state index in [1.165, 1.54) is 0 Å². The van der Waals surface area contributed by atoms with E-state index >= 15 is 0 Å². The molecule has 0 aliphatic carbocycles. The fraction of sp³-hybridized carbons (Fsp3) is 0.714. The van der Waals surface area contributed by atoms with Crippen molar-refractivity contribution in [2.75, 3.05) is 13.6 Å². The highest BCUT2D eigenvalue weighted by Crippen LogP contribution is 2.13. The second kappa shape index (κ2) is 2.50. The van der Waals surface area contributed by atoms with Gasteiger partial charge in [0.1, 0.15) is 0 Å². The van der Waals surface area contributed by atoms with E-state index in [0.717, 1.165) is 13.0 Å². The third kappa shape index (κ3) is 1.14. The lowest BCUT2D eigenvalue weighted by Gasteiger charge is -2.17. The van der Waals surface area contributed by atoms with Crippen LogP contribution in [0.5, 0.6) is 0 Å². The second-order valence-electron chi connectivity index (χ2n) is 2.66. The molecule has 1 aliphatic heterocycles. The Bertz CT molecular complexity index is 101. The van der Waals surface area contributed by atoms with E-state index in [2.05, 4.69) is 18.5 Å². The Kier molecular flexibility index (Phi) is 1.88. The Hall–Kier alpha value is -0.340. The zero-order valence-electron chi connectivity index (χ0n) is 5.88. The van der Waals surface area contributed by atoms with Crippen LogP contribution in [0.4, 0.5) is 0 Å².